The van der Waals surface area contributed by atoms with Crippen molar-refractivity contribution in [2.45, 2.75) is 26.0 Å². The Hall–Kier alpha value is -3.87. The second-order valence-electron chi connectivity index (χ2n) is 7.91. The second-order valence-corrected chi connectivity index (χ2v) is 7.91. The first-order valence-corrected chi connectivity index (χ1v) is 9.89. The molecule has 0 atom stereocenters. The Kier molecular flexibility index (Phi) is 5.10. The lowest BCUT2D eigenvalue weighted by atomic mass is 10.0. The summed E-state index contributed by atoms with van der Waals surface area (Å²) in [6.45, 7) is 3.03. The van der Waals surface area contributed by atoms with E-state index in [1.165, 1.54) is 13.8 Å². The number of aryl methyl sites for hydroxylation is 1. The summed E-state index contributed by atoms with van der Waals surface area (Å²) >= 11 is 0. The van der Waals surface area contributed by atoms with E-state index >= 15 is 0 Å². The van der Waals surface area contributed by atoms with Crippen LogP contribution in [-0.4, -0.2) is 32.1 Å². The third-order valence-electron chi connectivity index (χ3n) is 5.31. The van der Waals surface area contributed by atoms with Gasteiger partial charge in [0.1, 0.15) is 23.7 Å². The fourth-order valence-corrected chi connectivity index (χ4v) is 3.44. The number of carbonyl (C=O) groups excluding carboxylic acids is 1. The minimum atomic E-state index is -1.42. The van der Waals surface area contributed by atoms with Crippen molar-refractivity contribution in [1.82, 2.24) is 14.9 Å². The standard InChI is InChI=1S/C24H23N3O4/c1-24(2,23(29)30)26-22(28)17-13-12-15-8-4-5-9-16(15)21(17)31-14-20-25-18-10-6-7-11-19(18)27(20)3/h4-13H,14H2,1-3H3,(H,26,28)(H,29,30). The van der Waals surface area contributed by atoms with E-state index in [2.05, 4.69) is 10.3 Å². The average molecular weight is 417 g/mol. The molecule has 4 aromatic rings. The lowest BCUT2D eigenvalue weighted by molar-refractivity contribution is -0.143. The summed E-state index contributed by atoms with van der Waals surface area (Å²) in [5.41, 5.74) is 0.701. The molecule has 0 aliphatic carbocycles. The summed E-state index contributed by atoms with van der Waals surface area (Å²) in [4.78, 5) is 29.1. The van der Waals surface area contributed by atoms with Gasteiger partial charge in [0.2, 0.25) is 0 Å². The molecule has 0 aliphatic heterocycles. The maximum Gasteiger partial charge on any atom is 0.328 e. The number of rotatable bonds is 6. The molecular weight excluding hydrogens is 394 g/mol. The number of amides is 1. The Morgan fingerprint density at radius 3 is 2.52 bits per heavy atom. The van der Waals surface area contributed by atoms with Crippen LogP contribution in [-0.2, 0) is 18.4 Å². The molecule has 158 valence electrons. The number of benzene rings is 3. The zero-order chi connectivity index (χ0) is 22.2. The molecule has 7 heteroatoms. The molecule has 2 N–H and O–H groups in total. The molecule has 3 aromatic carbocycles. The highest BCUT2D eigenvalue weighted by Gasteiger charge is 2.30. The normalized spacial score (nSPS) is 11.6. The molecule has 4 rings (SSSR count). The third kappa shape index (κ3) is 3.82. The van der Waals surface area contributed by atoms with E-state index in [4.69, 9.17) is 4.74 Å². The lowest BCUT2D eigenvalue weighted by Gasteiger charge is -2.22. The van der Waals surface area contributed by atoms with Gasteiger partial charge in [-0.2, -0.15) is 0 Å². The minimum Gasteiger partial charge on any atom is -0.484 e. The Bertz CT molecular complexity index is 1310. The van der Waals surface area contributed by atoms with Gasteiger partial charge in [-0.3, -0.25) is 4.79 Å². The van der Waals surface area contributed by atoms with Crippen molar-refractivity contribution in [3.63, 3.8) is 0 Å². The Morgan fingerprint density at radius 1 is 1.06 bits per heavy atom. The summed E-state index contributed by atoms with van der Waals surface area (Å²) < 4.78 is 8.10. The lowest BCUT2D eigenvalue weighted by Crippen LogP contribution is -2.49. The van der Waals surface area contributed by atoms with Crippen LogP contribution >= 0.6 is 0 Å². The van der Waals surface area contributed by atoms with E-state index in [1.54, 1.807) is 6.07 Å². The fourth-order valence-electron chi connectivity index (χ4n) is 3.44. The van der Waals surface area contributed by atoms with E-state index in [-0.39, 0.29) is 12.2 Å². The van der Waals surface area contributed by atoms with Crippen molar-refractivity contribution >= 4 is 33.7 Å². The number of carbonyl (C=O) groups is 2. The van der Waals surface area contributed by atoms with E-state index in [9.17, 15) is 14.7 Å². The van der Waals surface area contributed by atoms with Crippen LogP contribution < -0.4 is 10.1 Å². The molecule has 31 heavy (non-hydrogen) atoms. The highest BCUT2D eigenvalue weighted by Crippen LogP contribution is 2.31. The van der Waals surface area contributed by atoms with Crippen molar-refractivity contribution < 1.29 is 19.4 Å². The molecule has 0 radical (unpaired) electrons. The summed E-state index contributed by atoms with van der Waals surface area (Å²) in [6, 6.07) is 18.8. The number of hydrogen-bond acceptors (Lipinski definition) is 4. The molecule has 7 nitrogen and oxygen atoms in total. The monoisotopic (exact) mass is 417 g/mol. The number of nitrogens with zero attached hydrogens (tertiary/aromatic N) is 2. The topological polar surface area (TPSA) is 93.5 Å². The summed E-state index contributed by atoms with van der Waals surface area (Å²) in [6.07, 6.45) is 0. The predicted octanol–water partition coefficient (Wildman–Crippen LogP) is 3.90. The highest BCUT2D eigenvalue weighted by molar-refractivity contribution is 6.05. The van der Waals surface area contributed by atoms with Crippen LogP contribution in [0, 0.1) is 0 Å². The largest absolute Gasteiger partial charge is 0.484 e. The highest BCUT2D eigenvalue weighted by atomic mass is 16.5. The van der Waals surface area contributed by atoms with Gasteiger partial charge in [0.25, 0.3) is 5.91 Å². The molecule has 0 aliphatic rings. The molecule has 0 fully saturated rings. The fraction of sp³-hybridized carbons (Fsp3) is 0.208. The zero-order valence-corrected chi connectivity index (χ0v) is 17.5. The smallest absolute Gasteiger partial charge is 0.328 e. The first-order chi connectivity index (χ1) is 14.8. The molecule has 1 heterocycles. The van der Waals surface area contributed by atoms with E-state index in [0.29, 0.717) is 11.6 Å². The molecule has 0 saturated heterocycles. The van der Waals surface area contributed by atoms with Gasteiger partial charge in [0, 0.05) is 12.4 Å². The number of aromatic nitrogens is 2. The molecule has 0 bridgehead atoms. The molecule has 0 saturated carbocycles. The summed E-state index contributed by atoms with van der Waals surface area (Å²) in [5, 5.41) is 13.6. The number of nitrogens with one attached hydrogen (secondary N) is 1. The number of ether oxygens (including phenoxy) is 1. The van der Waals surface area contributed by atoms with Crippen molar-refractivity contribution in [2.24, 2.45) is 7.05 Å². The first kappa shape index (κ1) is 20.4. The van der Waals surface area contributed by atoms with E-state index < -0.39 is 17.4 Å². The maximum absolute atomic E-state index is 13.0. The maximum atomic E-state index is 13.0. The second kappa shape index (κ2) is 7.75. The number of carboxylic acids is 1. The van der Waals surface area contributed by atoms with Crippen LogP contribution in [0.15, 0.2) is 60.7 Å². The van der Waals surface area contributed by atoms with Gasteiger partial charge in [0.05, 0.1) is 16.6 Å². The van der Waals surface area contributed by atoms with Crippen LogP contribution in [0.2, 0.25) is 0 Å². The van der Waals surface area contributed by atoms with Gasteiger partial charge < -0.3 is 19.7 Å². The van der Waals surface area contributed by atoms with Gasteiger partial charge in [-0.1, -0.05) is 42.5 Å². The molecule has 1 aromatic heterocycles. The van der Waals surface area contributed by atoms with Crippen LogP contribution in [0.5, 0.6) is 5.75 Å². The van der Waals surface area contributed by atoms with E-state index in [0.717, 1.165) is 21.8 Å². The number of para-hydroxylation sites is 2. The van der Waals surface area contributed by atoms with Gasteiger partial charge in [0.15, 0.2) is 0 Å². The van der Waals surface area contributed by atoms with Gasteiger partial charge in [-0.05, 0) is 37.4 Å². The Morgan fingerprint density at radius 2 is 1.77 bits per heavy atom. The Labute approximate surface area is 179 Å². The van der Waals surface area contributed by atoms with Crippen LogP contribution in [0.25, 0.3) is 21.8 Å². The van der Waals surface area contributed by atoms with Crippen molar-refractivity contribution in [3.05, 3.63) is 72.1 Å². The van der Waals surface area contributed by atoms with Crippen LogP contribution in [0.1, 0.15) is 30.0 Å². The SMILES string of the molecule is Cn1c(COc2c(C(=O)NC(C)(C)C(=O)O)ccc3ccccc23)nc2ccccc21. The van der Waals surface area contributed by atoms with Crippen molar-refractivity contribution in [1.29, 1.82) is 0 Å². The third-order valence-corrected chi connectivity index (χ3v) is 5.31. The van der Waals surface area contributed by atoms with Gasteiger partial charge >= 0.3 is 5.97 Å². The number of hydrogen-bond donors (Lipinski definition) is 2. The molecule has 1 amide bonds. The van der Waals surface area contributed by atoms with Crippen molar-refractivity contribution in [2.75, 3.05) is 0 Å². The zero-order valence-electron chi connectivity index (χ0n) is 17.5. The number of carboxylic acid groups (broad SMARTS) is 1. The summed E-state index contributed by atoms with van der Waals surface area (Å²) in [5.74, 6) is -0.530. The first-order valence-electron chi connectivity index (χ1n) is 9.89. The minimum absolute atomic E-state index is 0.155. The van der Waals surface area contributed by atoms with Crippen molar-refractivity contribution in [3.8, 4) is 5.75 Å². The molecule has 0 spiro atoms. The molecular formula is C24H23N3O4. The number of imidazole rings is 1. The number of aliphatic carboxylic acids is 1. The van der Waals surface area contributed by atoms with E-state index in [1.807, 2.05) is 66.2 Å². The van der Waals surface area contributed by atoms with Crippen LogP contribution in [0.4, 0.5) is 0 Å². The summed E-state index contributed by atoms with van der Waals surface area (Å²) in [7, 11) is 1.92. The predicted molar refractivity (Wildman–Crippen MR) is 118 cm³/mol. The quantitative estimate of drug-likeness (QED) is 0.496. The average Bonchev–Trinajstić information content (AvgIpc) is 3.07. The number of fused-ring (bicyclic) bond motifs is 2. The van der Waals surface area contributed by atoms with Crippen LogP contribution in [0.3, 0.4) is 0 Å². The van der Waals surface area contributed by atoms with Gasteiger partial charge in [-0.25, -0.2) is 9.78 Å². The van der Waals surface area contributed by atoms with Gasteiger partial charge in [-0.15, -0.1) is 0 Å². The molecule has 0 unspecified atom stereocenters. The Balaban J connectivity index is 1.72.